The smallest absolute Gasteiger partial charge is 0.338 e. The van der Waals surface area contributed by atoms with E-state index < -0.39 is 18.5 Å². The third-order valence-corrected chi connectivity index (χ3v) is 4.25. The number of amides is 2. The standard InChI is InChI=1S/C20H20N2O6/c1-26-14-5-7-16(17(10-14)27-2)22-19(24)11-28-20(25)13-3-6-15-12(9-13)4-8-18(23)21-15/h3,5-7,9-10H,4,8,11H2,1-2H3,(H,21,23)(H,22,24). The lowest BCUT2D eigenvalue weighted by Crippen LogP contribution is -2.22. The number of hydrogen-bond acceptors (Lipinski definition) is 6. The topological polar surface area (TPSA) is 103 Å². The highest BCUT2D eigenvalue weighted by Crippen LogP contribution is 2.29. The second kappa shape index (κ2) is 8.43. The minimum absolute atomic E-state index is 0.0477. The van der Waals surface area contributed by atoms with E-state index in [9.17, 15) is 14.4 Å². The number of ether oxygens (including phenoxy) is 3. The van der Waals surface area contributed by atoms with Gasteiger partial charge < -0.3 is 24.8 Å². The van der Waals surface area contributed by atoms with Crippen molar-refractivity contribution in [3.05, 3.63) is 47.5 Å². The summed E-state index contributed by atoms with van der Waals surface area (Å²) in [6.45, 7) is -0.443. The first-order chi connectivity index (χ1) is 13.5. The zero-order chi connectivity index (χ0) is 20.1. The summed E-state index contributed by atoms with van der Waals surface area (Å²) in [6, 6.07) is 9.82. The Hall–Kier alpha value is -3.55. The number of carbonyl (C=O) groups is 3. The lowest BCUT2D eigenvalue weighted by atomic mass is 10.0. The number of carbonyl (C=O) groups excluding carboxylic acids is 3. The third-order valence-electron chi connectivity index (χ3n) is 4.25. The van der Waals surface area contributed by atoms with Gasteiger partial charge in [0.15, 0.2) is 6.61 Å². The molecule has 0 aliphatic carbocycles. The van der Waals surface area contributed by atoms with Gasteiger partial charge in [-0.1, -0.05) is 0 Å². The SMILES string of the molecule is COc1ccc(NC(=O)COC(=O)c2ccc3c(c2)CCC(=O)N3)c(OC)c1. The fourth-order valence-electron chi connectivity index (χ4n) is 2.81. The number of aryl methyl sites for hydroxylation is 1. The van der Waals surface area contributed by atoms with Crippen molar-refractivity contribution in [1.29, 1.82) is 0 Å². The Balaban J connectivity index is 1.59. The van der Waals surface area contributed by atoms with Gasteiger partial charge in [0.1, 0.15) is 11.5 Å². The van der Waals surface area contributed by atoms with Gasteiger partial charge >= 0.3 is 5.97 Å². The average molecular weight is 384 g/mol. The molecule has 2 aromatic carbocycles. The van der Waals surface area contributed by atoms with Gasteiger partial charge in [0, 0.05) is 18.2 Å². The number of nitrogens with one attached hydrogen (secondary N) is 2. The highest BCUT2D eigenvalue weighted by molar-refractivity contribution is 5.98. The first kappa shape index (κ1) is 19.2. The molecule has 1 aliphatic rings. The Morgan fingerprint density at radius 2 is 1.89 bits per heavy atom. The molecule has 0 saturated carbocycles. The number of rotatable bonds is 6. The molecule has 0 spiro atoms. The highest BCUT2D eigenvalue weighted by Gasteiger charge is 2.18. The van der Waals surface area contributed by atoms with Crippen LogP contribution in [0.3, 0.4) is 0 Å². The second-order valence-electron chi connectivity index (χ2n) is 6.11. The molecule has 0 saturated heterocycles. The van der Waals surface area contributed by atoms with E-state index in [1.807, 2.05) is 0 Å². The summed E-state index contributed by atoms with van der Waals surface area (Å²) in [6.07, 6.45) is 0.928. The van der Waals surface area contributed by atoms with Crippen molar-refractivity contribution in [2.24, 2.45) is 0 Å². The van der Waals surface area contributed by atoms with Crippen LogP contribution in [0, 0.1) is 0 Å². The number of esters is 1. The van der Waals surface area contributed by atoms with Crippen LogP contribution < -0.4 is 20.1 Å². The summed E-state index contributed by atoms with van der Waals surface area (Å²) in [5.74, 6) is -0.146. The lowest BCUT2D eigenvalue weighted by molar-refractivity contribution is -0.119. The normalized spacial score (nSPS) is 12.4. The largest absolute Gasteiger partial charge is 0.497 e. The molecule has 2 aromatic rings. The van der Waals surface area contributed by atoms with Gasteiger partial charge in [-0.15, -0.1) is 0 Å². The summed E-state index contributed by atoms with van der Waals surface area (Å²) in [4.78, 5) is 35.7. The molecule has 0 bridgehead atoms. The summed E-state index contributed by atoms with van der Waals surface area (Å²) >= 11 is 0. The van der Waals surface area contributed by atoms with Crippen molar-refractivity contribution in [3.8, 4) is 11.5 Å². The third kappa shape index (κ3) is 4.40. The maximum atomic E-state index is 12.2. The van der Waals surface area contributed by atoms with E-state index in [1.165, 1.54) is 14.2 Å². The maximum Gasteiger partial charge on any atom is 0.338 e. The van der Waals surface area contributed by atoms with E-state index in [-0.39, 0.29) is 5.91 Å². The van der Waals surface area contributed by atoms with Gasteiger partial charge in [-0.3, -0.25) is 9.59 Å². The van der Waals surface area contributed by atoms with Crippen molar-refractivity contribution < 1.29 is 28.6 Å². The Morgan fingerprint density at radius 1 is 1.07 bits per heavy atom. The molecule has 146 valence electrons. The van der Waals surface area contributed by atoms with Gasteiger partial charge in [0.25, 0.3) is 5.91 Å². The van der Waals surface area contributed by atoms with Crippen LogP contribution in [0.5, 0.6) is 11.5 Å². The van der Waals surface area contributed by atoms with Gasteiger partial charge in [0.05, 0.1) is 25.5 Å². The number of anilines is 2. The van der Waals surface area contributed by atoms with Gasteiger partial charge in [0.2, 0.25) is 5.91 Å². The first-order valence-corrected chi connectivity index (χ1v) is 8.62. The van der Waals surface area contributed by atoms with E-state index in [0.717, 1.165) is 5.56 Å². The predicted molar refractivity (Wildman–Crippen MR) is 102 cm³/mol. The molecule has 1 aliphatic heterocycles. The molecule has 1 heterocycles. The molecular weight excluding hydrogens is 364 g/mol. The van der Waals surface area contributed by atoms with Crippen LogP contribution in [0.15, 0.2) is 36.4 Å². The van der Waals surface area contributed by atoms with Gasteiger partial charge in [-0.25, -0.2) is 4.79 Å². The zero-order valence-corrected chi connectivity index (χ0v) is 15.5. The van der Waals surface area contributed by atoms with E-state index in [2.05, 4.69) is 10.6 Å². The predicted octanol–water partition coefficient (Wildman–Crippen LogP) is 2.38. The molecule has 8 nitrogen and oxygen atoms in total. The number of fused-ring (bicyclic) bond motifs is 1. The van der Waals surface area contributed by atoms with E-state index in [1.54, 1.807) is 36.4 Å². The van der Waals surface area contributed by atoms with E-state index >= 15 is 0 Å². The quantitative estimate of drug-likeness (QED) is 0.742. The molecule has 8 heteroatoms. The monoisotopic (exact) mass is 384 g/mol. The summed E-state index contributed by atoms with van der Waals surface area (Å²) in [5.41, 5.74) is 2.32. The minimum Gasteiger partial charge on any atom is -0.497 e. The van der Waals surface area contributed by atoms with Crippen LogP contribution in [0.2, 0.25) is 0 Å². The average Bonchev–Trinajstić information content (AvgIpc) is 2.71. The molecule has 2 amide bonds. The van der Waals surface area contributed by atoms with Crippen LogP contribution in [-0.2, 0) is 20.7 Å². The van der Waals surface area contributed by atoms with Crippen molar-refractivity contribution >= 4 is 29.2 Å². The summed E-state index contributed by atoms with van der Waals surface area (Å²) < 4.78 is 15.4. The summed E-state index contributed by atoms with van der Waals surface area (Å²) in [7, 11) is 3.00. The van der Waals surface area contributed by atoms with Crippen LogP contribution in [-0.4, -0.2) is 38.6 Å². The Bertz CT molecular complexity index is 925. The van der Waals surface area contributed by atoms with Crippen LogP contribution >= 0.6 is 0 Å². The van der Waals surface area contributed by atoms with Crippen LogP contribution in [0.1, 0.15) is 22.3 Å². The van der Waals surface area contributed by atoms with Crippen molar-refractivity contribution in [1.82, 2.24) is 0 Å². The molecule has 0 aromatic heterocycles. The Morgan fingerprint density at radius 3 is 2.64 bits per heavy atom. The molecule has 0 fully saturated rings. The molecular formula is C20H20N2O6. The maximum absolute atomic E-state index is 12.2. The van der Waals surface area contributed by atoms with Crippen LogP contribution in [0.25, 0.3) is 0 Å². The van der Waals surface area contributed by atoms with Crippen molar-refractivity contribution in [2.45, 2.75) is 12.8 Å². The number of benzene rings is 2. The van der Waals surface area contributed by atoms with Gasteiger partial charge in [-0.05, 0) is 42.3 Å². The number of methoxy groups -OCH3 is 2. The highest BCUT2D eigenvalue weighted by atomic mass is 16.5. The van der Waals surface area contributed by atoms with E-state index in [4.69, 9.17) is 14.2 Å². The molecule has 0 unspecified atom stereocenters. The number of hydrogen-bond donors (Lipinski definition) is 2. The fourth-order valence-corrected chi connectivity index (χ4v) is 2.81. The second-order valence-corrected chi connectivity index (χ2v) is 6.11. The molecule has 28 heavy (non-hydrogen) atoms. The minimum atomic E-state index is -0.614. The van der Waals surface area contributed by atoms with Crippen LogP contribution in [0.4, 0.5) is 11.4 Å². The zero-order valence-electron chi connectivity index (χ0n) is 15.5. The Kier molecular flexibility index (Phi) is 5.78. The molecule has 2 N–H and O–H groups in total. The van der Waals surface area contributed by atoms with Gasteiger partial charge in [-0.2, -0.15) is 0 Å². The van der Waals surface area contributed by atoms with Crippen molar-refractivity contribution in [3.63, 3.8) is 0 Å². The van der Waals surface area contributed by atoms with E-state index in [0.29, 0.717) is 41.3 Å². The summed E-state index contributed by atoms with van der Waals surface area (Å²) in [5, 5.41) is 5.38. The molecule has 3 rings (SSSR count). The molecule has 0 atom stereocenters. The first-order valence-electron chi connectivity index (χ1n) is 8.62. The Labute approximate surface area is 161 Å². The van der Waals surface area contributed by atoms with Crippen molar-refractivity contribution in [2.75, 3.05) is 31.5 Å². The molecule has 0 radical (unpaired) electrons. The fraction of sp³-hybridized carbons (Fsp3) is 0.250. The lowest BCUT2D eigenvalue weighted by Gasteiger charge is -2.17.